The molecule has 0 fully saturated rings. The summed E-state index contributed by atoms with van der Waals surface area (Å²) in [4.78, 5) is 21.6. The van der Waals surface area contributed by atoms with Crippen molar-refractivity contribution in [1.29, 1.82) is 5.26 Å². The molecule has 0 atom stereocenters. The first-order chi connectivity index (χ1) is 15.0. The SMILES string of the molecule is CC(=O)Nc1nc2c(s1)-c1c(c(-c3ccc(C)nc3)nn1-c1cccc(C#N)c1)CC2. The number of nitriles is 1. The summed E-state index contributed by atoms with van der Waals surface area (Å²) in [5.74, 6) is -0.145. The number of amides is 1. The van der Waals surface area contributed by atoms with Gasteiger partial charge in [0.05, 0.1) is 39.3 Å². The zero-order valence-corrected chi connectivity index (χ0v) is 17.8. The van der Waals surface area contributed by atoms with Crippen molar-refractivity contribution in [3.63, 3.8) is 0 Å². The molecule has 0 saturated heterocycles. The number of aryl methyl sites for hydroxylation is 2. The zero-order valence-electron chi connectivity index (χ0n) is 17.0. The second-order valence-electron chi connectivity index (χ2n) is 7.41. The Kier molecular flexibility index (Phi) is 4.60. The quantitative estimate of drug-likeness (QED) is 0.527. The number of carbonyl (C=O) groups is 1. The van der Waals surface area contributed by atoms with Gasteiger partial charge in [-0.15, -0.1) is 0 Å². The fourth-order valence-corrected chi connectivity index (χ4v) is 4.92. The van der Waals surface area contributed by atoms with Crippen LogP contribution in [0.4, 0.5) is 5.13 Å². The summed E-state index contributed by atoms with van der Waals surface area (Å²) in [6.45, 7) is 3.43. The van der Waals surface area contributed by atoms with Crippen LogP contribution in [0.15, 0.2) is 42.6 Å². The van der Waals surface area contributed by atoms with E-state index in [1.807, 2.05) is 48.1 Å². The van der Waals surface area contributed by atoms with Crippen LogP contribution >= 0.6 is 11.3 Å². The monoisotopic (exact) mass is 426 g/mol. The fraction of sp³-hybridized carbons (Fsp3) is 0.174. The lowest BCUT2D eigenvalue weighted by atomic mass is 9.95. The Hall–Kier alpha value is -3.83. The summed E-state index contributed by atoms with van der Waals surface area (Å²) in [5, 5.41) is 17.7. The lowest BCUT2D eigenvalue weighted by Crippen LogP contribution is -2.07. The molecule has 1 aromatic carbocycles. The van der Waals surface area contributed by atoms with E-state index in [2.05, 4.69) is 21.4 Å². The van der Waals surface area contributed by atoms with Crippen LogP contribution in [0.5, 0.6) is 0 Å². The van der Waals surface area contributed by atoms with E-state index >= 15 is 0 Å². The Labute approximate surface area is 183 Å². The van der Waals surface area contributed by atoms with Crippen molar-refractivity contribution in [2.75, 3.05) is 5.32 Å². The molecule has 0 bridgehead atoms. The van der Waals surface area contributed by atoms with Crippen molar-refractivity contribution in [3.8, 4) is 33.6 Å². The molecule has 31 heavy (non-hydrogen) atoms. The van der Waals surface area contributed by atoms with Gasteiger partial charge in [-0.1, -0.05) is 17.4 Å². The summed E-state index contributed by atoms with van der Waals surface area (Å²) >= 11 is 1.45. The maximum Gasteiger partial charge on any atom is 0.223 e. The van der Waals surface area contributed by atoms with Crippen LogP contribution in [0.25, 0.3) is 27.5 Å². The average molecular weight is 427 g/mol. The normalized spacial score (nSPS) is 12.0. The predicted octanol–water partition coefficient (Wildman–Crippen LogP) is 4.29. The Balaban J connectivity index is 1.75. The summed E-state index contributed by atoms with van der Waals surface area (Å²) in [6, 6.07) is 13.6. The Morgan fingerprint density at radius 1 is 1.26 bits per heavy atom. The second-order valence-corrected chi connectivity index (χ2v) is 8.41. The van der Waals surface area contributed by atoms with Crippen LogP contribution in [0.2, 0.25) is 0 Å². The summed E-state index contributed by atoms with van der Waals surface area (Å²) in [7, 11) is 0. The first kappa shape index (κ1) is 19.2. The van der Waals surface area contributed by atoms with Crippen LogP contribution in [0, 0.1) is 18.3 Å². The average Bonchev–Trinajstić information content (AvgIpc) is 3.34. The van der Waals surface area contributed by atoms with E-state index in [9.17, 15) is 10.1 Å². The molecule has 8 heteroatoms. The molecule has 0 aliphatic heterocycles. The highest BCUT2D eigenvalue weighted by atomic mass is 32.1. The molecule has 0 radical (unpaired) electrons. The van der Waals surface area contributed by atoms with Gasteiger partial charge in [-0.3, -0.25) is 9.78 Å². The third kappa shape index (κ3) is 3.39. The molecule has 3 aromatic heterocycles. The number of hydrogen-bond acceptors (Lipinski definition) is 6. The molecule has 1 N–H and O–H groups in total. The molecular formula is C23H18N6OS. The van der Waals surface area contributed by atoms with Gasteiger partial charge in [-0.25, -0.2) is 9.67 Å². The number of benzene rings is 1. The van der Waals surface area contributed by atoms with Gasteiger partial charge in [0.15, 0.2) is 5.13 Å². The number of aromatic nitrogens is 4. The highest BCUT2D eigenvalue weighted by Gasteiger charge is 2.30. The largest absolute Gasteiger partial charge is 0.302 e. The third-order valence-electron chi connectivity index (χ3n) is 5.20. The Morgan fingerprint density at radius 3 is 2.87 bits per heavy atom. The maximum absolute atomic E-state index is 11.5. The van der Waals surface area contributed by atoms with Gasteiger partial charge in [0, 0.05) is 29.9 Å². The molecule has 3 heterocycles. The minimum Gasteiger partial charge on any atom is -0.302 e. The topological polar surface area (TPSA) is 96.5 Å². The summed E-state index contributed by atoms with van der Waals surface area (Å²) in [5.41, 5.74) is 7.19. The standard InChI is InChI=1S/C23H18N6OS/c1-13-6-7-16(12-25-13)20-18-8-9-19-22(31-23(27-19)26-14(2)30)21(18)29(28-20)17-5-3-4-15(10-17)11-24/h3-7,10,12H,8-9H2,1-2H3,(H,26,27,30). The minimum atomic E-state index is -0.145. The van der Waals surface area contributed by atoms with Gasteiger partial charge >= 0.3 is 0 Å². The number of carbonyl (C=O) groups excluding carboxylic acids is 1. The number of nitrogens with one attached hydrogen (secondary N) is 1. The molecule has 0 spiro atoms. The molecule has 5 rings (SSSR count). The van der Waals surface area contributed by atoms with Crippen molar-refractivity contribution in [3.05, 3.63) is 65.1 Å². The number of rotatable bonds is 3. The molecule has 4 aromatic rings. The summed E-state index contributed by atoms with van der Waals surface area (Å²) < 4.78 is 1.89. The van der Waals surface area contributed by atoms with E-state index < -0.39 is 0 Å². The van der Waals surface area contributed by atoms with E-state index in [0.717, 1.165) is 57.3 Å². The van der Waals surface area contributed by atoms with E-state index in [0.29, 0.717) is 10.7 Å². The zero-order chi connectivity index (χ0) is 21.5. The number of hydrogen-bond donors (Lipinski definition) is 1. The van der Waals surface area contributed by atoms with Crippen molar-refractivity contribution in [2.24, 2.45) is 0 Å². The van der Waals surface area contributed by atoms with Gasteiger partial charge in [0.25, 0.3) is 0 Å². The first-order valence-electron chi connectivity index (χ1n) is 9.86. The van der Waals surface area contributed by atoms with E-state index in [1.165, 1.54) is 18.3 Å². The molecule has 0 saturated carbocycles. The van der Waals surface area contributed by atoms with Crippen LogP contribution in [-0.4, -0.2) is 25.7 Å². The van der Waals surface area contributed by atoms with Gasteiger partial charge in [-0.2, -0.15) is 10.4 Å². The van der Waals surface area contributed by atoms with Crippen LogP contribution in [-0.2, 0) is 17.6 Å². The number of anilines is 1. The fourth-order valence-electron chi connectivity index (χ4n) is 3.81. The van der Waals surface area contributed by atoms with E-state index in [4.69, 9.17) is 5.10 Å². The van der Waals surface area contributed by atoms with Gasteiger partial charge in [-0.05, 0) is 50.1 Å². The van der Waals surface area contributed by atoms with Gasteiger partial charge in [0.1, 0.15) is 0 Å². The highest BCUT2D eigenvalue weighted by Crippen LogP contribution is 2.44. The smallest absolute Gasteiger partial charge is 0.223 e. The van der Waals surface area contributed by atoms with E-state index in [1.54, 1.807) is 6.07 Å². The number of nitrogens with zero attached hydrogens (tertiary/aromatic N) is 5. The lowest BCUT2D eigenvalue weighted by Gasteiger charge is -2.14. The molecule has 0 unspecified atom stereocenters. The number of fused-ring (bicyclic) bond motifs is 3. The molecule has 1 aliphatic carbocycles. The van der Waals surface area contributed by atoms with Crippen LogP contribution in [0.3, 0.4) is 0 Å². The molecule has 152 valence electrons. The van der Waals surface area contributed by atoms with Crippen molar-refractivity contribution >= 4 is 22.4 Å². The number of thiazole rings is 1. The summed E-state index contributed by atoms with van der Waals surface area (Å²) in [6.07, 6.45) is 3.40. The van der Waals surface area contributed by atoms with Gasteiger partial charge in [0.2, 0.25) is 5.91 Å². The first-order valence-corrected chi connectivity index (χ1v) is 10.7. The predicted molar refractivity (Wildman–Crippen MR) is 119 cm³/mol. The number of pyridine rings is 1. The van der Waals surface area contributed by atoms with Crippen LogP contribution in [0.1, 0.15) is 29.4 Å². The molecule has 1 aliphatic rings. The molecule has 7 nitrogen and oxygen atoms in total. The van der Waals surface area contributed by atoms with Crippen molar-refractivity contribution in [2.45, 2.75) is 26.7 Å². The van der Waals surface area contributed by atoms with Gasteiger partial charge < -0.3 is 5.32 Å². The van der Waals surface area contributed by atoms with E-state index in [-0.39, 0.29) is 5.91 Å². The third-order valence-corrected chi connectivity index (χ3v) is 6.22. The van der Waals surface area contributed by atoms with Crippen molar-refractivity contribution in [1.82, 2.24) is 19.7 Å². The van der Waals surface area contributed by atoms with Crippen molar-refractivity contribution < 1.29 is 4.79 Å². The molecular weight excluding hydrogens is 408 g/mol. The van der Waals surface area contributed by atoms with Crippen LogP contribution < -0.4 is 5.32 Å². The molecule has 1 amide bonds. The highest BCUT2D eigenvalue weighted by molar-refractivity contribution is 7.19. The second kappa shape index (κ2) is 7.45. The maximum atomic E-state index is 11.5. The Morgan fingerprint density at radius 2 is 2.13 bits per heavy atom. The Bertz CT molecular complexity index is 1360. The minimum absolute atomic E-state index is 0.145. The lowest BCUT2D eigenvalue weighted by molar-refractivity contribution is -0.114.